The molecule has 0 radical (unpaired) electrons. The lowest BCUT2D eigenvalue weighted by Crippen LogP contribution is -2.58. The van der Waals surface area contributed by atoms with Crippen LogP contribution in [0.5, 0.6) is 0 Å². The third kappa shape index (κ3) is 21.3. The number of primary amides is 1. The molecule has 2 saturated heterocycles. The van der Waals surface area contributed by atoms with Gasteiger partial charge >= 0.3 is 0 Å². The summed E-state index contributed by atoms with van der Waals surface area (Å²) in [7, 11) is 2.25. The SMILES string of the molecule is CSCC[C@@H]1NC(=O)[C@H](NC(C)=O)CSSC[C@@H](C(N)=O)NC(=O)CNC(=O)[C@H](CCCN=C(N)N)NC(=O)[C@H](CC(C)C)NC(=O)[C@H](CCCN=C(N)N)NC[C@@H]2CCCN2C1=O. The van der Waals surface area contributed by atoms with Crippen molar-refractivity contribution in [2.45, 2.75) is 114 Å². The highest BCUT2D eigenvalue weighted by Crippen LogP contribution is 2.24. The number of amides is 8. The zero-order valence-electron chi connectivity index (χ0n) is 37.2. The van der Waals surface area contributed by atoms with Crippen LogP contribution in [-0.2, 0) is 38.4 Å². The molecule has 2 rings (SSSR count). The second-order valence-electron chi connectivity index (χ2n) is 15.8. The Morgan fingerprint density at radius 3 is 1.98 bits per heavy atom. The molecule has 0 aliphatic carbocycles. The van der Waals surface area contributed by atoms with Gasteiger partial charge in [0.25, 0.3) is 0 Å². The molecular formula is C38H69N15O8S3. The molecule has 17 N–H and O–H groups in total. The number of thioether (sulfide) groups is 1. The van der Waals surface area contributed by atoms with Crippen LogP contribution in [0.25, 0.3) is 0 Å². The molecule has 64 heavy (non-hydrogen) atoms. The summed E-state index contributed by atoms with van der Waals surface area (Å²) in [5.74, 6) is -4.66. The number of nitrogens with one attached hydrogen (secondary N) is 7. The maximum Gasteiger partial charge on any atom is 0.245 e. The molecule has 0 aromatic rings. The highest BCUT2D eigenvalue weighted by Gasteiger charge is 2.36. The molecule has 23 nitrogen and oxygen atoms in total. The minimum Gasteiger partial charge on any atom is -0.370 e. The Bertz CT molecular complexity index is 1650. The van der Waals surface area contributed by atoms with Crippen molar-refractivity contribution >= 4 is 92.5 Å². The van der Waals surface area contributed by atoms with Gasteiger partial charge in [-0.25, -0.2) is 0 Å². The molecule has 2 heterocycles. The number of carbonyl (C=O) groups excluding carboxylic acids is 8. The van der Waals surface area contributed by atoms with Crippen LogP contribution >= 0.6 is 33.3 Å². The van der Waals surface area contributed by atoms with Crippen molar-refractivity contribution in [2.75, 3.05) is 56.2 Å². The van der Waals surface area contributed by atoms with Crippen molar-refractivity contribution in [1.29, 1.82) is 0 Å². The van der Waals surface area contributed by atoms with Gasteiger partial charge in [-0.15, -0.1) is 0 Å². The maximum atomic E-state index is 14.3. The second kappa shape index (κ2) is 29.7. The summed E-state index contributed by atoms with van der Waals surface area (Å²) in [5, 5.41) is 19.4. The van der Waals surface area contributed by atoms with Crippen LogP contribution in [0.2, 0.25) is 0 Å². The van der Waals surface area contributed by atoms with E-state index in [1.165, 1.54) is 18.7 Å². The summed E-state index contributed by atoms with van der Waals surface area (Å²) in [4.78, 5) is 117. The molecule has 8 amide bonds. The van der Waals surface area contributed by atoms with E-state index >= 15 is 0 Å². The predicted octanol–water partition coefficient (Wildman–Crippen LogP) is -3.72. The minimum atomic E-state index is -1.19. The van der Waals surface area contributed by atoms with E-state index in [1.54, 1.807) is 4.90 Å². The first-order chi connectivity index (χ1) is 30.3. The fourth-order valence-corrected chi connectivity index (χ4v) is 9.63. The molecule has 0 aromatic carbocycles. The maximum absolute atomic E-state index is 14.3. The number of fused-ring (bicyclic) bond motifs is 1. The smallest absolute Gasteiger partial charge is 0.245 e. The van der Waals surface area contributed by atoms with Gasteiger partial charge in [-0.2, -0.15) is 11.8 Å². The summed E-state index contributed by atoms with van der Waals surface area (Å²) in [6.45, 7) is 5.40. The van der Waals surface area contributed by atoms with Crippen LogP contribution in [0.3, 0.4) is 0 Å². The van der Waals surface area contributed by atoms with Gasteiger partial charge in [-0.05, 0) is 69.3 Å². The Morgan fingerprint density at radius 1 is 0.797 bits per heavy atom. The fraction of sp³-hybridized carbons (Fsp3) is 0.737. The highest BCUT2D eigenvalue weighted by molar-refractivity contribution is 8.76. The van der Waals surface area contributed by atoms with Crippen LogP contribution in [-0.4, -0.2) is 163 Å². The summed E-state index contributed by atoms with van der Waals surface area (Å²) in [5.41, 5.74) is 27.6. The Labute approximate surface area is 386 Å². The second-order valence-corrected chi connectivity index (χ2v) is 19.4. The summed E-state index contributed by atoms with van der Waals surface area (Å²) < 4.78 is 0. The average molecular weight is 960 g/mol. The van der Waals surface area contributed by atoms with Crippen molar-refractivity contribution in [2.24, 2.45) is 44.6 Å². The number of aliphatic imine (C=N–C) groups is 2. The van der Waals surface area contributed by atoms with Crippen LogP contribution in [0.15, 0.2) is 9.98 Å². The largest absolute Gasteiger partial charge is 0.370 e. The summed E-state index contributed by atoms with van der Waals surface area (Å²) in [6, 6.07) is -6.67. The molecule has 0 spiro atoms. The first-order valence-corrected chi connectivity index (χ1v) is 25.1. The lowest BCUT2D eigenvalue weighted by molar-refractivity contribution is -0.137. The topological polar surface area (TPSA) is 379 Å². The van der Waals surface area contributed by atoms with Gasteiger partial charge in [-0.1, -0.05) is 35.4 Å². The lowest BCUT2D eigenvalue weighted by Gasteiger charge is -2.31. The molecule has 2 aliphatic rings. The van der Waals surface area contributed by atoms with Crippen molar-refractivity contribution < 1.29 is 38.4 Å². The highest BCUT2D eigenvalue weighted by atomic mass is 33.1. The van der Waals surface area contributed by atoms with E-state index < -0.39 is 84.1 Å². The van der Waals surface area contributed by atoms with Crippen molar-refractivity contribution in [3.8, 4) is 0 Å². The van der Waals surface area contributed by atoms with E-state index in [0.29, 0.717) is 38.0 Å². The number of hydrogen-bond acceptors (Lipinski definition) is 14. The van der Waals surface area contributed by atoms with Crippen LogP contribution in [0, 0.1) is 5.92 Å². The van der Waals surface area contributed by atoms with Gasteiger partial charge in [0.05, 0.1) is 12.6 Å². The van der Waals surface area contributed by atoms with E-state index in [-0.39, 0.29) is 86.6 Å². The van der Waals surface area contributed by atoms with E-state index in [4.69, 9.17) is 28.7 Å². The monoisotopic (exact) mass is 959 g/mol. The standard InChI is InChI=1S/C38H69N15O8S3/c1-21(2)16-27-34(59)50-25(10-6-13-45-38(42)43)32(57)47-18-30(55)49-28(31(39)56)19-63-64-20-29(48-22(3)54)35(60)51-26(11-15-62-4)36(61)53-14-7-8-23(53)17-46-24(33(58)52-27)9-5-12-44-37(40)41/h21,23-29,46H,5-20H2,1-4H3,(H2,39,56)(H,47,57)(H,48,54)(H,49,55)(H,50,59)(H,51,60)(H,52,58)(H4,40,41,44)(H4,42,43,45)/t23-,24-,25-,26-,27-,28-,29+/m0/s1. The number of hydrogen-bond donors (Lipinski definition) is 12. The number of nitrogens with zero attached hydrogens (tertiary/aromatic N) is 3. The zero-order chi connectivity index (χ0) is 47.8. The number of rotatable bonds is 15. The van der Waals surface area contributed by atoms with Gasteiger partial charge < -0.3 is 70.8 Å². The van der Waals surface area contributed by atoms with Gasteiger partial charge in [0.2, 0.25) is 47.3 Å². The molecule has 26 heteroatoms. The Morgan fingerprint density at radius 2 is 1.39 bits per heavy atom. The lowest BCUT2D eigenvalue weighted by atomic mass is 10.0. The first-order valence-electron chi connectivity index (χ1n) is 21.2. The summed E-state index contributed by atoms with van der Waals surface area (Å²) >= 11 is 1.50. The van der Waals surface area contributed by atoms with Crippen molar-refractivity contribution in [3.05, 3.63) is 0 Å². The summed E-state index contributed by atoms with van der Waals surface area (Å²) in [6.07, 6.45) is 4.63. The third-order valence-electron chi connectivity index (χ3n) is 10.0. The molecule has 0 aromatic heterocycles. The van der Waals surface area contributed by atoms with Gasteiger partial charge in [0.15, 0.2) is 11.9 Å². The van der Waals surface area contributed by atoms with Crippen LogP contribution < -0.4 is 65.9 Å². The Hall–Kier alpha value is -4.69. The first kappa shape index (κ1) is 55.4. The normalized spacial score (nSPS) is 25.1. The Kier molecular flexibility index (Phi) is 25.7. The molecule has 2 fully saturated rings. The van der Waals surface area contributed by atoms with Crippen molar-refractivity contribution in [3.63, 3.8) is 0 Å². The molecule has 0 saturated carbocycles. The molecule has 0 unspecified atom stereocenters. The van der Waals surface area contributed by atoms with Crippen LogP contribution in [0.1, 0.15) is 72.1 Å². The number of guanidine groups is 2. The third-order valence-corrected chi connectivity index (χ3v) is 13.1. The zero-order valence-corrected chi connectivity index (χ0v) is 39.6. The predicted molar refractivity (Wildman–Crippen MR) is 251 cm³/mol. The number of carbonyl (C=O) groups is 8. The van der Waals surface area contributed by atoms with Crippen molar-refractivity contribution in [1.82, 2.24) is 42.1 Å². The molecule has 0 bridgehead atoms. The minimum absolute atomic E-state index is 0.0309. The van der Waals surface area contributed by atoms with E-state index in [9.17, 15) is 38.4 Å². The van der Waals surface area contributed by atoms with Gasteiger partial charge in [0.1, 0.15) is 30.2 Å². The Balaban J connectivity index is 2.56. The average Bonchev–Trinajstić information content (AvgIpc) is 3.69. The molecule has 362 valence electrons. The molecular weight excluding hydrogens is 891 g/mol. The van der Waals surface area contributed by atoms with Gasteiger partial charge in [-0.3, -0.25) is 48.3 Å². The van der Waals surface area contributed by atoms with E-state index in [0.717, 1.165) is 21.6 Å². The van der Waals surface area contributed by atoms with E-state index in [1.807, 2.05) is 20.1 Å². The fourth-order valence-electron chi connectivity index (χ4n) is 6.82. The van der Waals surface area contributed by atoms with Gasteiger partial charge in [0, 0.05) is 50.7 Å². The molecule has 7 atom stereocenters. The van der Waals surface area contributed by atoms with E-state index in [2.05, 4.69) is 47.2 Å². The molecule has 2 aliphatic heterocycles. The number of nitrogens with two attached hydrogens (primary N) is 5. The van der Waals surface area contributed by atoms with Crippen LogP contribution in [0.4, 0.5) is 0 Å². The quantitative estimate of drug-likeness (QED) is 0.0325.